The van der Waals surface area contributed by atoms with E-state index < -0.39 is 18.9 Å². The maximum absolute atomic E-state index is 12.8. The molecule has 0 spiro atoms. The third-order valence-electron chi connectivity index (χ3n) is 8.03. The van der Waals surface area contributed by atoms with Crippen LogP contribution in [0.5, 0.6) is 11.8 Å². The fourth-order valence-electron chi connectivity index (χ4n) is 5.67. The van der Waals surface area contributed by atoms with Crippen LogP contribution in [0.1, 0.15) is 78.5 Å². The monoisotopic (exact) mass is 792 g/mol. The van der Waals surface area contributed by atoms with Crippen LogP contribution in [0.4, 0.5) is 5.69 Å². The molecule has 2 N–H and O–H groups in total. The summed E-state index contributed by atoms with van der Waals surface area (Å²) >= 11 is 0. The van der Waals surface area contributed by atoms with Crippen molar-refractivity contribution in [2.24, 2.45) is 0 Å². The molecule has 2 aromatic carbocycles. The second-order valence-electron chi connectivity index (χ2n) is 12.4. The summed E-state index contributed by atoms with van der Waals surface area (Å²) in [6.45, 7) is 24.8. The lowest BCUT2D eigenvalue weighted by atomic mass is 10.1. The number of sulfone groups is 1. The number of aromatic nitrogens is 2. The maximum Gasteiger partial charge on any atom is 0.261 e. The second-order valence-corrected chi connectivity index (χ2v) is 16.9. The smallest absolute Gasteiger partial charge is 0.261 e. The Labute approximate surface area is 324 Å². The number of hydrogen-bond donors (Lipinski definition) is 1. The number of hydrogen-bond acceptors (Lipinski definition) is 10. The van der Waals surface area contributed by atoms with Crippen molar-refractivity contribution < 1.29 is 26.3 Å². The zero-order valence-electron chi connectivity index (χ0n) is 33.0. The highest BCUT2D eigenvalue weighted by molar-refractivity contribution is 8.13. The van der Waals surface area contributed by atoms with Crippen molar-refractivity contribution in [1.29, 1.82) is 0 Å². The predicted molar refractivity (Wildman–Crippen MR) is 221 cm³/mol. The second kappa shape index (κ2) is 22.5. The topological polar surface area (TPSA) is 142 Å². The Morgan fingerprint density at radius 2 is 1.13 bits per heavy atom. The largest absolute Gasteiger partial charge is 0.481 e. The van der Waals surface area contributed by atoms with Gasteiger partial charge in [-0.05, 0) is 109 Å². The van der Waals surface area contributed by atoms with E-state index in [1.165, 1.54) is 26.7 Å². The van der Waals surface area contributed by atoms with Gasteiger partial charge in [-0.3, -0.25) is 0 Å². The fourth-order valence-corrected chi connectivity index (χ4v) is 9.16. The first-order chi connectivity index (χ1) is 24.1. The Bertz CT molecular complexity index is 1950. The Balaban J connectivity index is 0.000000744. The molecule has 0 bridgehead atoms. The molecule has 13 heteroatoms. The molecule has 4 rings (SSSR count). The predicted octanol–water partition coefficient (Wildman–Crippen LogP) is 8.80. The zero-order valence-corrected chi connectivity index (χ0v) is 35.4. The minimum atomic E-state index is -3.61. The van der Waals surface area contributed by atoms with Crippen molar-refractivity contribution in [1.82, 2.24) is 14.9 Å². The zero-order chi connectivity index (χ0) is 40.0. The molecule has 2 aromatic heterocycles. The first kappa shape index (κ1) is 49.3. The highest BCUT2D eigenvalue weighted by Crippen LogP contribution is 2.28. The normalized spacial score (nSPS) is 10.8. The number of aryl methyl sites for hydroxylation is 8. The number of methoxy groups -OCH3 is 2. The van der Waals surface area contributed by atoms with Gasteiger partial charge in [0.1, 0.15) is 0 Å². The molecule has 0 saturated carbocycles. The molecule has 0 unspecified atom stereocenters. The van der Waals surface area contributed by atoms with Crippen LogP contribution in [-0.2, 0) is 24.6 Å². The number of rotatable bonds is 9. The number of benzene rings is 2. The van der Waals surface area contributed by atoms with E-state index >= 15 is 0 Å². The molecule has 0 radical (unpaired) electrons. The van der Waals surface area contributed by atoms with E-state index in [9.17, 15) is 16.8 Å². The first-order valence-electron chi connectivity index (χ1n) is 17.0. The Hall–Kier alpha value is -3.71. The molecule has 53 heavy (non-hydrogen) atoms. The summed E-state index contributed by atoms with van der Waals surface area (Å²) in [5.74, 6) is 0.853. The van der Waals surface area contributed by atoms with Crippen LogP contribution < -0.4 is 15.2 Å². The number of nitrogens with two attached hydrogens (primary N) is 1. The number of pyridine rings is 2. The van der Waals surface area contributed by atoms with E-state index in [0.29, 0.717) is 39.0 Å². The van der Waals surface area contributed by atoms with Crippen molar-refractivity contribution in [2.75, 3.05) is 39.6 Å². The van der Waals surface area contributed by atoms with Gasteiger partial charge in [-0.25, -0.2) is 26.8 Å². The molecule has 0 aliphatic carbocycles. The van der Waals surface area contributed by atoms with E-state index in [0.717, 1.165) is 33.6 Å². The van der Waals surface area contributed by atoms with Crippen LogP contribution in [0.15, 0.2) is 58.3 Å². The molecule has 0 fully saturated rings. The van der Waals surface area contributed by atoms with Gasteiger partial charge in [0.2, 0.25) is 11.8 Å². The summed E-state index contributed by atoms with van der Waals surface area (Å²) in [6.07, 6.45) is 0. The first-order valence-corrected chi connectivity index (χ1v) is 20.9. The lowest BCUT2D eigenvalue weighted by Crippen LogP contribution is -2.21. The number of nitrogen functional groups attached to an aromatic ring is 1. The van der Waals surface area contributed by atoms with Gasteiger partial charge in [0.25, 0.3) is 9.05 Å². The number of halogens is 1. The Morgan fingerprint density at radius 1 is 0.679 bits per heavy atom. The SMILES string of the molecule is C.CCN(CC)CC.COc1ccc(N)c(C)n1.COc1nc(C)ccc1CS(=O)(=O)c1c(C)cc(C)cc1C.Cc1cc(C)c(S(=O)(=O)Cl)c(C)c1. The minimum Gasteiger partial charge on any atom is -0.481 e. The van der Waals surface area contributed by atoms with Gasteiger partial charge in [-0.1, -0.05) is 69.7 Å². The van der Waals surface area contributed by atoms with Crippen molar-refractivity contribution >= 4 is 35.3 Å². The lowest BCUT2D eigenvalue weighted by molar-refractivity contribution is 0.321. The number of ether oxygens (including phenoxy) is 2. The van der Waals surface area contributed by atoms with E-state index in [-0.39, 0.29) is 18.1 Å². The van der Waals surface area contributed by atoms with E-state index in [1.54, 1.807) is 45.2 Å². The van der Waals surface area contributed by atoms with Gasteiger partial charge in [0.15, 0.2) is 9.84 Å². The van der Waals surface area contributed by atoms with Crippen molar-refractivity contribution in [3.05, 3.63) is 98.9 Å². The molecular weight excluding hydrogens is 732 g/mol. The summed E-state index contributed by atoms with van der Waals surface area (Å²) < 4.78 is 58.0. The van der Waals surface area contributed by atoms with Crippen molar-refractivity contribution in [3.63, 3.8) is 0 Å². The maximum atomic E-state index is 12.8. The molecular formula is C40H61ClN4O6S2. The Morgan fingerprint density at radius 3 is 1.49 bits per heavy atom. The fraction of sp³-hybridized carbons (Fsp3) is 0.450. The van der Waals surface area contributed by atoms with Gasteiger partial charge >= 0.3 is 0 Å². The number of nitrogens with zero attached hydrogens (tertiary/aromatic N) is 3. The highest BCUT2D eigenvalue weighted by atomic mass is 35.7. The molecule has 0 amide bonds. The third-order valence-corrected chi connectivity index (χ3v) is 11.6. The molecule has 0 aliphatic rings. The molecule has 2 heterocycles. The van der Waals surface area contributed by atoms with E-state index in [2.05, 4.69) is 35.6 Å². The Kier molecular flexibility index (Phi) is 20.9. The van der Waals surface area contributed by atoms with Crippen LogP contribution in [0, 0.1) is 55.4 Å². The van der Waals surface area contributed by atoms with Gasteiger partial charge in [0.05, 0.1) is 41.1 Å². The summed E-state index contributed by atoms with van der Waals surface area (Å²) in [6, 6.07) is 14.5. The van der Waals surface area contributed by atoms with E-state index in [4.69, 9.17) is 25.9 Å². The van der Waals surface area contributed by atoms with Crippen LogP contribution in [0.3, 0.4) is 0 Å². The summed E-state index contributed by atoms with van der Waals surface area (Å²) in [7, 11) is 1.31. The molecule has 4 aromatic rings. The summed E-state index contributed by atoms with van der Waals surface area (Å²) in [4.78, 5) is 11.3. The summed E-state index contributed by atoms with van der Waals surface area (Å²) in [5, 5.41) is 0. The molecule has 296 valence electrons. The average Bonchev–Trinajstić information content (AvgIpc) is 3.03. The molecule has 0 aliphatic heterocycles. The molecule has 0 atom stereocenters. The quantitative estimate of drug-likeness (QED) is 0.164. The molecule has 0 saturated heterocycles. The molecule has 10 nitrogen and oxygen atoms in total. The third kappa shape index (κ3) is 15.7. The highest BCUT2D eigenvalue weighted by Gasteiger charge is 2.23. The van der Waals surface area contributed by atoms with Crippen molar-refractivity contribution in [2.45, 2.75) is 99.1 Å². The van der Waals surface area contributed by atoms with Crippen LogP contribution in [0.2, 0.25) is 0 Å². The van der Waals surface area contributed by atoms with Gasteiger partial charge in [-0.2, -0.15) is 0 Å². The van der Waals surface area contributed by atoms with E-state index in [1.807, 2.05) is 65.8 Å². The summed E-state index contributed by atoms with van der Waals surface area (Å²) in [5.41, 5.74) is 13.4. The van der Waals surface area contributed by atoms with Crippen LogP contribution in [0.25, 0.3) is 0 Å². The average molecular weight is 794 g/mol. The standard InChI is InChI=1S/C17H21NO3S.C9H11ClO2S.C7H10N2O.C6H15N.CH4/c1-11-8-12(2)16(13(3)9-11)22(19,20)10-15-7-6-14(4)18-17(15)21-5;1-6-4-7(2)9(8(3)5-6)13(10,11)12;1-5-6(8)3-4-7(9-5)10-2;1-4-7(5-2)6-3;/h6-9H,10H2,1-5H3;4-5H,1-3H3;3-4H,8H2,1-2H3;4-6H2,1-3H3;1H4. The lowest BCUT2D eigenvalue weighted by Gasteiger charge is -2.13. The van der Waals surface area contributed by atoms with Crippen LogP contribution >= 0.6 is 10.7 Å². The number of anilines is 1. The minimum absolute atomic E-state index is 0. The van der Waals surface area contributed by atoms with Crippen molar-refractivity contribution in [3.8, 4) is 11.8 Å². The van der Waals surface area contributed by atoms with Gasteiger partial charge < -0.3 is 20.1 Å². The van der Waals surface area contributed by atoms with Gasteiger partial charge in [-0.15, -0.1) is 0 Å². The van der Waals surface area contributed by atoms with Crippen LogP contribution in [-0.4, -0.2) is 65.6 Å². The van der Waals surface area contributed by atoms with Gasteiger partial charge in [0, 0.05) is 28.0 Å².